The van der Waals surface area contributed by atoms with Crippen molar-refractivity contribution in [3.05, 3.63) is 27.0 Å². The highest BCUT2D eigenvalue weighted by atomic mass is 35.5. The third-order valence-electron chi connectivity index (χ3n) is 2.91. The minimum absolute atomic E-state index is 0.0355. The van der Waals surface area contributed by atoms with Crippen LogP contribution < -0.4 is 0 Å². The summed E-state index contributed by atoms with van der Waals surface area (Å²) in [5.41, 5.74) is -0.0806. The first kappa shape index (κ1) is 15.4. The molecule has 0 spiro atoms. The van der Waals surface area contributed by atoms with Crippen molar-refractivity contribution in [2.24, 2.45) is 5.92 Å². The third-order valence-corrected chi connectivity index (χ3v) is 4.15. The van der Waals surface area contributed by atoms with E-state index in [0.29, 0.717) is 12.5 Å². The number of carboxylic acids is 1. The molecule has 0 radical (unpaired) electrons. The van der Waals surface area contributed by atoms with Gasteiger partial charge in [0.25, 0.3) is 5.91 Å². The average molecular weight is 338 g/mol. The van der Waals surface area contributed by atoms with E-state index in [9.17, 15) is 9.59 Å². The van der Waals surface area contributed by atoms with Crippen LogP contribution in [0.25, 0.3) is 0 Å². The van der Waals surface area contributed by atoms with Crippen LogP contribution in [0, 0.1) is 5.92 Å². The molecule has 0 unspecified atom stereocenters. The summed E-state index contributed by atoms with van der Waals surface area (Å²) in [6.07, 6.45) is 3.21. The number of pyridine rings is 1. The van der Waals surface area contributed by atoms with Gasteiger partial charge in [-0.3, -0.25) is 9.59 Å². The first-order chi connectivity index (χ1) is 9.40. The Hall–Kier alpha value is -1.04. The van der Waals surface area contributed by atoms with E-state index in [1.807, 2.05) is 0 Å². The standard InChI is InChI=1S/C12H11Cl3N2O3/c13-7-3-16-11(10(15)9(7)14)12(20)17(5-8(18)19)4-6-1-2-6/h3,6H,1-2,4-5H2,(H,18,19). The molecule has 20 heavy (non-hydrogen) atoms. The van der Waals surface area contributed by atoms with Crippen molar-refractivity contribution in [2.75, 3.05) is 13.1 Å². The van der Waals surface area contributed by atoms with Crippen molar-refractivity contribution in [1.29, 1.82) is 0 Å². The van der Waals surface area contributed by atoms with Crippen LogP contribution in [0.3, 0.4) is 0 Å². The van der Waals surface area contributed by atoms with Crippen LogP contribution in [0.4, 0.5) is 0 Å². The Morgan fingerprint density at radius 2 is 1.95 bits per heavy atom. The largest absolute Gasteiger partial charge is 0.480 e. The zero-order chi connectivity index (χ0) is 14.9. The summed E-state index contributed by atoms with van der Waals surface area (Å²) < 4.78 is 0. The third kappa shape index (κ3) is 3.53. The normalized spacial score (nSPS) is 14.2. The highest BCUT2D eigenvalue weighted by Gasteiger charge is 2.30. The minimum atomic E-state index is -1.09. The van der Waals surface area contributed by atoms with Crippen molar-refractivity contribution >= 4 is 46.7 Å². The fraction of sp³-hybridized carbons (Fsp3) is 0.417. The van der Waals surface area contributed by atoms with Gasteiger partial charge < -0.3 is 10.0 Å². The first-order valence-corrected chi connectivity index (χ1v) is 7.04. The quantitative estimate of drug-likeness (QED) is 0.896. The van der Waals surface area contributed by atoms with Crippen LogP contribution in [0.5, 0.6) is 0 Å². The molecule has 0 aromatic carbocycles. The van der Waals surface area contributed by atoms with E-state index < -0.39 is 18.4 Å². The van der Waals surface area contributed by atoms with Gasteiger partial charge in [0.2, 0.25) is 0 Å². The van der Waals surface area contributed by atoms with Gasteiger partial charge >= 0.3 is 5.97 Å². The Bertz CT molecular complexity index is 561. The summed E-state index contributed by atoms with van der Waals surface area (Å²) in [5.74, 6) is -1.29. The number of carbonyl (C=O) groups is 2. The van der Waals surface area contributed by atoms with Gasteiger partial charge in [-0.15, -0.1) is 0 Å². The van der Waals surface area contributed by atoms with Crippen LogP contribution >= 0.6 is 34.8 Å². The van der Waals surface area contributed by atoms with E-state index in [2.05, 4.69) is 4.98 Å². The summed E-state index contributed by atoms with van der Waals surface area (Å²) in [6.45, 7) is -0.0169. The van der Waals surface area contributed by atoms with Crippen molar-refractivity contribution in [3.63, 3.8) is 0 Å². The molecule has 2 rings (SSSR count). The second-order valence-corrected chi connectivity index (χ2v) is 5.77. The lowest BCUT2D eigenvalue weighted by Gasteiger charge is -2.20. The minimum Gasteiger partial charge on any atom is -0.480 e. The molecule has 0 saturated heterocycles. The van der Waals surface area contributed by atoms with Gasteiger partial charge in [0.15, 0.2) is 0 Å². The zero-order valence-corrected chi connectivity index (χ0v) is 12.5. The van der Waals surface area contributed by atoms with Gasteiger partial charge in [0.05, 0.1) is 15.1 Å². The van der Waals surface area contributed by atoms with Gasteiger partial charge in [-0.05, 0) is 18.8 Å². The molecule has 1 amide bonds. The lowest BCUT2D eigenvalue weighted by molar-refractivity contribution is -0.137. The Morgan fingerprint density at radius 1 is 1.30 bits per heavy atom. The predicted molar refractivity (Wildman–Crippen MR) is 75.5 cm³/mol. The van der Waals surface area contributed by atoms with E-state index in [4.69, 9.17) is 39.9 Å². The number of aliphatic carboxylic acids is 1. The van der Waals surface area contributed by atoms with Crippen LogP contribution in [-0.4, -0.2) is 40.0 Å². The molecule has 0 atom stereocenters. The molecule has 1 heterocycles. The van der Waals surface area contributed by atoms with Crippen LogP contribution in [0.15, 0.2) is 6.20 Å². The fourth-order valence-corrected chi connectivity index (χ4v) is 2.30. The summed E-state index contributed by atoms with van der Waals surface area (Å²) in [4.78, 5) is 28.3. The van der Waals surface area contributed by atoms with Gasteiger partial charge in [-0.1, -0.05) is 34.8 Å². The average Bonchev–Trinajstić information content (AvgIpc) is 3.18. The van der Waals surface area contributed by atoms with E-state index in [1.54, 1.807) is 0 Å². The Balaban J connectivity index is 2.26. The Labute approximate surface area is 130 Å². The van der Waals surface area contributed by atoms with E-state index in [0.717, 1.165) is 12.8 Å². The number of hydrogen-bond acceptors (Lipinski definition) is 3. The molecule has 1 N–H and O–H groups in total. The Morgan fingerprint density at radius 3 is 2.50 bits per heavy atom. The molecule has 0 bridgehead atoms. The van der Waals surface area contributed by atoms with Gasteiger partial charge in [0.1, 0.15) is 12.2 Å². The fourth-order valence-electron chi connectivity index (χ4n) is 1.74. The topological polar surface area (TPSA) is 70.5 Å². The number of carbonyl (C=O) groups excluding carboxylic acids is 1. The molecule has 1 aromatic rings. The van der Waals surface area contributed by atoms with Crippen molar-refractivity contribution in [3.8, 4) is 0 Å². The van der Waals surface area contributed by atoms with Crippen LogP contribution in [-0.2, 0) is 4.79 Å². The van der Waals surface area contributed by atoms with Crippen molar-refractivity contribution in [2.45, 2.75) is 12.8 Å². The zero-order valence-electron chi connectivity index (χ0n) is 10.3. The maximum Gasteiger partial charge on any atom is 0.323 e. The van der Waals surface area contributed by atoms with Gasteiger partial charge in [0, 0.05) is 12.7 Å². The number of aromatic nitrogens is 1. The number of nitrogens with zero attached hydrogens (tertiary/aromatic N) is 2. The summed E-state index contributed by atoms with van der Waals surface area (Å²) in [7, 11) is 0. The highest BCUT2D eigenvalue weighted by molar-refractivity contribution is 6.48. The Kier molecular flexibility index (Phi) is 4.73. The lowest BCUT2D eigenvalue weighted by atomic mass is 10.2. The second kappa shape index (κ2) is 6.16. The maximum absolute atomic E-state index is 12.3. The van der Waals surface area contributed by atoms with Crippen LogP contribution in [0.2, 0.25) is 15.1 Å². The van der Waals surface area contributed by atoms with E-state index in [1.165, 1.54) is 11.1 Å². The molecule has 1 aliphatic carbocycles. The van der Waals surface area contributed by atoms with Gasteiger partial charge in [-0.25, -0.2) is 4.98 Å². The monoisotopic (exact) mass is 336 g/mol. The lowest BCUT2D eigenvalue weighted by Crippen LogP contribution is -2.37. The first-order valence-electron chi connectivity index (χ1n) is 5.90. The highest BCUT2D eigenvalue weighted by Crippen LogP contribution is 2.33. The SMILES string of the molecule is O=C(O)CN(CC1CC1)C(=O)c1ncc(Cl)c(Cl)c1Cl. The molecule has 1 aliphatic rings. The number of rotatable bonds is 5. The molecule has 8 heteroatoms. The summed E-state index contributed by atoms with van der Waals surface area (Å²) in [5, 5.41) is 9.00. The van der Waals surface area contributed by atoms with E-state index >= 15 is 0 Å². The molecular formula is C12H11Cl3N2O3. The molecule has 1 saturated carbocycles. The van der Waals surface area contributed by atoms with Crippen LogP contribution in [0.1, 0.15) is 23.3 Å². The summed E-state index contributed by atoms with van der Waals surface area (Å²) >= 11 is 17.6. The predicted octanol–water partition coefficient (Wildman–Crippen LogP) is 2.98. The molecule has 5 nitrogen and oxygen atoms in total. The maximum atomic E-state index is 12.3. The molecule has 1 aromatic heterocycles. The number of carboxylic acid groups (broad SMARTS) is 1. The molecule has 0 aliphatic heterocycles. The number of amides is 1. The second-order valence-electron chi connectivity index (χ2n) is 4.61. The molecule has 1 fully saturated rings. The summed E-state index contributed by atoms with van der Waals surface area (Å²) in [6, 6.07) is 0. The number of halogens is 3. The van der Waals surface area contributed by atoms with E-state index in [-0.39, 0.29) is 20.8 Å². The molecular weight excluding hydrogens is 327 g/mol. The van der Waals surface area contributed by atoms with Crippen molar-refractivity contribution in [1.82, 2.24) is 9.88 Å². The smallest absolute Gasteiger partial charge is 0.323 e. The van der Waals surface area contributed by atoms with Gasteiger partial charge in [-0.2, -0.15) is 0 Å². The van der Waals surface area contributed by atoms with Crippen molar-refractivity contribution < 1.29 is 14.7 Å². The number of hydrogen-bond donors (Lipinski definition) is 1. The molecule has 108 valence electrons.